The highest BCUT2D eigenvalue weighted by atomic mass is 79.9. The molecule has 33 heavy (non-hydrogen) atoms. The monoisotopic (exact) mass is 506 g/mol. The van der Waals surface area contributed by atoms with Gasteiger partial charge in [0.1, 0.15) is 6.04 Å². The maximum atomic E-state index is 13.5. The average molecular weight is 507 g/mol. The van der Waals surface area contributed by atoms with E-state index in [0.717, 1.165) is 21.2 Å². The molecule has 172 valence electrons. The lowest BCUT2D eigenvalue weighted by atomic mass is 10.0. The Balaban J connectivity index is 1.89. The van der Waals surface area contributed by atoms with Gasteiger partial charge in [-0.15, -0.1) is 0 Å². The zero-order valence-electron chi connectivity index (χ0n) is 19.2. The minimum Gasteiger partial charge on any atom is -0.352 e. The number of carbonyl (C=O) groups is 2. The second-order valence-corrected chi connectivity index (χ2v) is 9.42. The number of nitrogens with zero attached hydrogens (tertiary/aromatic N) is 1. The molecule has 0 heterocycles. The molecular weight excluding hydrogens is 476 g/mol. The summed E-state index contributed by atoms with van der Waals surface area (Å²) in [4.78, 5) is 28.6. The Hall–Kier alpha value is -2.92. The summed E-state index contributed by atoms with van der Waals surface area (Å²) >= 11 is 3.47. The van der Waals surface area contributed by atoms with Crippen LogP contribution >= 0.6 is 15.9 Å². The Kier molecular flexibility index (Phi) is 9.25. The molecule has 3 rings (SSSR count). The fourth-order valence-electron chi connectivity index (χ4n) is 3.76. The first-order valence-electron chi connectivity index (χ1n) is 11.3. The third-order valence-electron chi connectivity index (χ3n) is 5.44. The van der Waals surface area contributed by atoms with Crippen molar-refractivity contribution >= 4 is 27.7 Å². The van der Waals surface area contributed by atoms with Gasteiger partial charge in [-0.1, -0.05) is 88.7 Å². The highest BCUT2D eigenvalue weighted by Gasteiger charge is 2.30. The molecule has 0 bridgehead atoms. The van der Waals surface area contributed by atoms with Crippen molar-refractivity contribution in [3.05, 3.63) is 106 Å². The second-order valence-electron chi connectivity index (χ2n) is 8.50. The lowest BCUT2D eigenvalue weighted by Gasteiger charge is -2.32. The predicted octanol–water partition coefficient (Wildman–Crippen LogP) is 5.55. The van der Waals surface area contributed by atoms with Crippen molar-refractivity contribution in [3.8, 4) is 0 Å². The smallest absolute Gasteiger partial charge is 0.243 e. The van der Waals surface area contributed by atoms with E-state index in [4.69, 9.17) is 0 Å². The molecule has 3 aromatic rings. The Morgan fingerprint density at radius 2 is 1.39 bits per heavy atom. The highest BCUT2D eigenvalue weighted by molar-refractivity contribution is 9.10. The first-order valence-corrected chi connectivity index (χ1v) is 12.1. The molecule has 0 aromatic heterocycles. The topological polar surface area (TPSA) is 49.4 Å². The quantitative estimate of drug-likeness (QED) is 0.392. The molecule has 0 aliphatic heterocycles. The van der Waals surface area contributed by atoms with Gasteiger partial charge < -0.3 is 10.2 Å². The molecule has 2 amide bonds. The Morgan fingerprint density at radius 3 is 1.97 bits per heavy atom. The fraction of sp³-hybridized carbons (Fsp3) is 0.286. The number of benzene rings is 3. The number of halogens is 1. The number of hydrogen-bond donors (Lipinski definition) is 1. The van der Waals surface area contributed by atoms with Gasteiger partial charge in [-0.2, -0.15) is 0 Å². The molecule has 5 heteroatoms. The minimum atomic E-state index is -0.596. The van der Waals surface area contributed by atoms with Crippen LogP contribution in [0, 0.1) is 0 Å². The van der Waals surface area contributed by atoms with E-state index in [2.05, 4.69) is 21.2 Å². The highest BCUT2D eigenvalue weighted by Crippen LogP contribution is 2.18. The SMILES string of the molecule is CC(C)NC(=O)[C@@H](Cc1ccccc1)N(Cc1ccc(Br)cc1)C(=O)CCc1ccccc1. The molecule has 1 N–H and O–H groups in total. The van der Waals surface area contributed by atoms with Crippen LogP contribution in [-0.2, 0) is 29.0 Å². The van der Waals surface area contributed by atoms with Crippen LogP contribution in [0.3, 0.4) is 0 Å². The zero-order chi connectivity index (χ0) is 23.6. The molecular formula is C28H31BrN2O2. The molecule has 0 saturated carbocycles. The molecule has 0 spiro atoms. The van der Waals surface area contributed by atoms with E-state index < -0.39 is 6.04 Å². The molecule has 4 nitrogen and oxygen atoms in total. The molecule has 0 fully saturated rings. The van der Waals surface area contributed by atoms with E-state index in [1.807, 2.05) is 98.8 Å². The van der Waals surface area contributed by atoms with Crippen LogP contribution < -0.4 is 5.32 Å². The lowest BCUT2D eigenvalue weighted by molar-refractivity contribution is -0.141. The fourth-order valence-corrected chi connectivity index (χ4v) is 4.03. The van der Waals surface area contributed by atoms with E-state index >= 15 is 0 Å². The van der Waals surface area contributed by atoms with Crippen molar-refractivity contribution in [2.75, 3.05) is 0 Å². The van der Waals surface area contributed by atoms with Crippen molar-refractivity contribution in [1.29, 1.82) is 0 Å². The van der Waals surface area contributed by atoms with Crippen molar-refractivity contribution in [2.24, 2.45) is 0 Å². The maximum absolute atomic E-state index is 13.5. The van der Waals surface area contributed by atoms with E-state index in [-0.39, 0.29) is 17.9 Å². The van der Waals surface area contributed by atoms with Gasteiger partial charge in [-0.25, -0.2) is 0 Å². The Labute approximate surface area is 205 Å². The van der Waals surface area contributed by atoms with Gasteiger partial charge in [0.25, 0.3) is 0 Å². The summed E-state index contributed by atoms with van der Waals surface area (Å²) in [5, 5.41) is 3.03. The van der Waals surface area contributed by atoms with Crippen molar-refractivity contribution < 1.29 is 9.59 Å². The number of carbonyl (C=O) groups excluding carboxylic acids is 2. The van der Waals surface area contributed by atoms with Gasteiger partial charge in [-0.05, 0) is 49.1 Å². The Morgan fingerprint density at radius 1 is 0.818 bits per heavy atom. The first kappa shape index (κ1) is 24.7. The number of aryl methyl sites for hydroxylation is 1. The number of rotatable bonds is 10. The van der Waals surface area contributed by atoms with Crippen LogP contribution in [0.2, 0.25) is 0 Å². The van der Waals surface area contributed by atoms with E-state index in [1.54, 1.807) is 4.90 Å². The van der Waals surface area contributed by atoms with E-state index in [1.165, 1.54) is 0 Å². The third kappa shape index (κ3) is 7.86. The first-order chi connectivity index (χ1) is 15.9. The number of hydrogen-bond acceptors (Lipinski definition) is 2. The molecule has 0 aliphatic carbocycles. The summed E-state index contributed by atoms with van der Waals surface area (Å²) < 4.78 is 0.978. The van der Waals surface area contributed by atoms with E-state index in [9.17, 15) is 9.59 Å². The summed E-state index contributed by atoms with van der Waals surface area (Å²) in [6.45, 7) is 4.26. The number of amides is 2. The summed E-state index contributed by atoms with van der Waals surface area (Å²) in [6.07, 6.45) is 1.45. The van der Waals surface area contributed by atoms with Crippen molar-refractivity contribution in [3.63, 3.8) is 0 Å². The summed E-state index contributed by atoms with van der Waals surface area (Å²) in [6, 6.07) is 27.2. The maximum Gasteiger partial charge on any atom is 0.243 e. The van der Waals surface area contributed by atoms with Gasteiger partial charge in [0.15, 0.2) is 0 Å². The van der Waals surface area contributed by atoms with Crippen LogP contribution in [0.1, 0.15) is 37.0 Å². The summed E-state index contributed by atoms with van der Waals surface area (Å²) in [5.41, 5.74) is 3.13. The number of nitrogens with one attached hydrogen (secondary N) is 1. The largest absolute Gasteiger partial charge is 0.352 e. The van der Waals surface area contributed by atoms with Crippen LogP contribution in [0.25, 0.3) is 0 Å². The molecule has 0 radical (unpaired) electrons. The van der Waals surface area contributed by atoms with Crippen molar-refractivity contribution in [1.82, 2.24) is 10.2 Å². The predicted molar refractivity (Wildman–Crippen MR) is 137 cm³/mol. The van der Waals surface area contributed by atoms with Crippen LogP contribution in [0.15, 0.2) is 89.4 Å². The second kappa shape index (κ2) is 12.4. The van der Waals surface area contributed by atoms with Crippen LogP contribution in [0.5, 0.6) is 0 Å². The molecule has 3 aromatic carbocycles. The molecule has 0 unspecified atom stereocenters. The summed E-state index contributed by atoms with van der Waals surface area (Å²) in [5.74, 6) is -0.152. The van der Waals surface area contributed by atoms with Crippen LogP contribution in [-0.4, -0.2) is 28.8 Å². The van der Waals surface area contributed by atoms with Gasteiger partial charge >= 0.3 is 0 Å². The lowest BCUT2D eigenvalue weighted by Crippen LogP contribution is -2.51. The summed E-state index contributed by atoms with van der Waals surface area (Å²) in [7, 11) is 0. The molecule has 1 atom stereocenters. The van der Waals surface area contributed by atoms with Gasteiger partial charge in [0.05, 0.1) is 0 Å². The molecule has 0 aliphatic rings. The van der Waals surface area contributed by atoms with Crippen LogP contribution in [0.4, 0.5) is 0 Å². The third-order valence-corrected chi connectivity index (χ3v) is 5.97. The van der Waals surface area contributed by atoms with Gasteiger partial charge in [0, 0.05) is 29.9 Å². The average Bonchev–Trinajstić information content (AvgIpc) is 2.82. The zero-order valence-corrected chi connectivity index (χ0v) is 20.8. The van der Waals surface area contributed by atoms with E-state index in [0.29, 0.717) is 25.8 Å². The minimum absolute atomic E-state index is 0.00951. The molecule has 0 saturated heterocycles. The Bertz CT molecular complexity index is 1020. The van der Waals surface area contributed by atoms with Gasteiger partial charge in [0.2, 0.25) is 11.8 Å². The normalized spacial score (nSPS) is 11.8. The van der Waals surface area contributed by atoms with Gasteiger partial charge in [-0.3, -0.25) is 9.59 Å². The standard InChI is InChI=1S/C28H31BrN2O2/c1-21(2)30-28(33)26(19-23-11-7-4-8-12-23)31(20-24-13-16-25(29)17-14-24)27(32)18-15-22-9-5-3-6-10-22/h3-14,16-17,21,26H,15,18-20H2,1-2H3,(H,30,33)/t26-/m1/s1. The van der Waals surface area contributed by atoms with Crippen molar-refractivity contribution in [2.45, 2.75) is 51.7 Å².